The molecule has 0 spiro atoms. The van der Waals surface area contributed by atoms with E-state index in [0.717, 1.165) is 5.56 Å². The Labute approximate surface area is 111 Å². The first kappa shape index (κ1) is 15.4. The van der Waals surface area contributed by atoms with Crippen LogP contribution >= 0.6 is 0 Å². The van der Waals surface area contributed by atoms with Crippen LogP contribution in [-0.4, -0.2) is 24.8 Å². The highest BCUT2D eigenvalue weighted by atomic mass is 28.4. The first-order valence-electron chi connectivity index (χ1n) is 6.24. The normalized spacial score (nSPS) is 14.9. The van der Waals surface area contributed by atoms with E-state index in [0.29, 0.717) is 0 Å². The molecule has 0 aliphatic heterocycles. The average Bonchev–Trinajstić information content (AvgIpc) is 2.25. The van der Waals surface area contributed by atoms with Gasteiger partial charge in [0.1, 0.15) is 6.10 Å². The number of aliphatic hydroxyl groups excluding tert-OH is 1. The third kappa shape index (κ3) is 3.65. The van der Waals surface area contributed by atoms with E-state index in [2.05, 4.69) is 33.9 Å². The van der Waals surface area contributed by atoms with Crippen molar-refractivity contribution in [3.05, 3.63) is 35.9 Å². The number of benzene rings is 1. The van der Waals surface area contributed by atoms with E-state index in [1.165, 1.54) is 0 Å². The third-order valence-corrected chi connectivity index (χ3v) is 8.08. The van der Waals surface area contributed by atoms with Gasteiger partial charge in [-0.05, 0) is 23.7 Å². The second-order valence-corrected chi connectivity index (χ2v) is 10.9. The Kier molecular flexibility index (Phi) is 4.72. The molecule has 0 bridgehead atoms. The van der Waals surface area contributed by atoms with Gasteiger partial charge in [0.2, 0.25) is 0 Å². The van der Waals surface area contributed by atoms with Gasteiger partial charge in [0.25, 0.3) is 0 Å². The molecule has 0 aromatic heterocycles. The van der Waals surface area contributed by atoms with Gasteiger partial charge in [-0.25, -0.2) is 0 Å². The van der Waals surface area contributed by atoms with Crippen LogP contribution < -0.4 is 0 Å². The Hall–Kier alpha value is -0.683. The van der Waals surface area contributed by atoms with Crippen molar-refractivity contribution >= 4 is 8.32 Å². The van der Waals surface area contributed by atoms with Crippen molar-refractivity contribution in [3.63, 3.8) is 0 Å². The highest BCUT2D eigenvalue weighted by Crippen LogP contribution is 2.40. The molecule has 0 unspecified atom stereocenters. The number of hydrogen-bond donors (Lipinski definition) is 2. The predicted octanol–water partition coefficient (Wildman–Crippen LogP) is 3.06. The molecule has 0 radical (unpaired) electrons. The summed E-state index contributed by atoms with van der Waals surface area (Å²) < 4.78 is 6.09. The second kappa shape index (κ2) is 5.53. The SMILES string of the molecule is CC(C)(C)[Si](C)(C)O[C@H](c1ccccc1)C(O)O. The Morgan fingerprint density at radius 1 is 1.06 bits per heavy atom. The van der Waals surface area contributed by atoms with Crippen molar-refractivity contribution in [2.75, 3.05) is 0 Å². The van der Waals surface area contributed by atoms with E-state index in [1.807, 2.05) is 30.3 Å². The minimum absolute atomic E-state index is 0.0366. The molecule has 0 saturated carbocycles. The molecule has 1 atom stereocenters. The summed E-state index contributed by atoms with van der Waals surface area (Å²) in [6, 6.07) is 9.37. The monoisotopic (exact) mass is 268 g/mol. The molecule has 2 N–H and O–H groups in total. The van der Waals surface area contributed by atoms with Crippen LogP contribution in [0.15, 0.2) is 30.3 Å². The first-order chi connectivity index (χ1) is 8.15. The van der Waals surface area contributed by atoms with Crippen LogP contribution in [0.3, 0.4) is 0 Å². The summed E-state index contributed by atoms with van der Waals surface area (Å²) in [7, 11) is -2.03. The van der Waals surface area contributed by atoms with Gasteiger partial charge in [-0.2, -0.15) is 0 Å². The predicted molar refractivity (Wildman–Crippen MR) is 75.7 cm³/mol. The van der Waals surface area contributed by atoms with E-state index >= 15 is 0 Å². The fourth-order valence-electron chi connectivity index (χ4n) is 1.44. The molecule has 0 aliphatic rings. The van der Waals surface area contributed by atoms with E-state index in [9.17, 15) is 10.2 Å². The molecular formula is C14H24O3Si. The van der Waals surface area contributed by atoms with Crippen molar-refractivity contribution < 1.29 is 14.6 Å². The van der Waals surface area contributed by atoms with Gasteiger partial charge in [-0.1, -0.05) is 51.1 Å². The summed E-state index contributed by atoms with van der Waals surface area (Å²) >= 11 is 0. The van der Waals surface area contributed by atoms with Crippen molar-refractivity contribution in [1.82, 2.24) is 0 Å². The fraction of sp³-hybridized carbons (Fsp3) is 0.571. The lowest BCUT2D eigenvalue weighted by molar-refractivity contribution is -0.118. The molecule has 1 rings (SSSR count). The Bertz CT molecular complexity index is 368. The van der Waals surface area contributed by atoms with Crippen molar-refractivity contribution in [3.8, 4) is 0 Å². The van der Waals surface area contributed by atoms with Crippen molar-refractivity contribution in [1.29, 1.82) is 0 Å². The molecule has 0 saturated heterocycles. The zero-order valence-electron chi connectivity index (χ0n) is 11.8. The summed E-state index contributed by atoms with van der Waals surface area (Å²) in [5.41, 5.74) is 0.803. The van der Waals surface area contributed by atoms with Crippen molar-refractivity contribution in [2.24, 2.45) is 0 Å². The van der Waals surface area contributed by atoms with Crippen LogP contribution in [-0.2, 0) is 4.43 Å². The Balaban J connectivity index is 2.96. The van der Waals surface area contributed by atoms with E-state index in [-0.39, 0.29) is 5.04 Å². The fourth-order valence-corrected chi connectivity index (χ4v) is 2.68. The molecule has 4 heteroatoms. The lowest BCUT2D eigenvalue weighted by Gasteiger charge is -2.39. The second-order valence-electron chi connectivity index (χ2n) is 6.12. The minimum atomic E-state index is -2.03. The molecule has 0 amide bonds. The molecule has 102 valence electrons. The topological polar surface area (TPSA) is 49.7 Å². The highest BCUT2D eigenvalue weighted by molar-refractivity contribution is 6.74. The zero-order chi connectivity index (χ0) is 14.0. The smallest absolute Gasteiger partial charge is 0.193 e. The zero-order valence-corrected chi connectivity index (χ0v) is 12.8. The number of hydrogen-bond acceptors (Lipinski definition) is 3. The molecule has 1 aromatic carbocycles. The van der Waals surface area contributed by atoms with Crippen LogP contribution in [0, 0.1) is 0 Å². The van der Waals surface area contributed by atoms with E-state index < -0.39 is 20.7 Å². The molecular weight excluding hydrogens is 244 g/mol. The van der Waals surface area contributed by atoms with Gasteiger partial charge in [-0.3, -0.25) is 0 Å². The average molecular weight is 268 g/mol. The number of aliphatic hydroxyl groups is 2. The Morgan fingerprint density at radius 2 is 1.56 bits per heavy atom. The van der Waals surface area contributed by atoms with Gasteiger partial charge < -0.3 is 14.6 Å². The highest BCUT2D eigenvalue weighted by Gasteiger charge is 2.40. The van der Waals surface area contributed by atoms with Crippen LogP contribution in [0.1, 0.15) is 32.4 Å². The standard InChI is InChI=1S/C14H24O3Si/c1-14(2,3)18(4,5)17-12(13(15)16)11-9-7-6-8-10-11/h6-10,12-13,15-16H,1-5H3/t12-/m1/s1. The molecule has 3 nitrogen and oxygen atoms in total. The lowest BCUT2D eigenvalue weighted by atomic mass is 10.1. The van der Waals surface area contributed by atoms with E-state index in [1.54, 1.807) is 0 Å². The van der Waals surface area contributed by atoms with Crippen LogP contribution in [0.25, 0.3) is 0 Å². The first-order valence-corrected chi connectivity index (χ1v) is 9.15. The number of rotatable bonds is 4. The van der Waals surface area contributed by atoms with Crippen LogP contribution in [0.5, 0.6) is 0 Å². The molecule has 1 aromatic rings. The van der Waals surface area contributed by atoms with Crippen molar-refractivity contribution in [2.45, 2.75) is 51.3 Å². The molecule has 0 fully saturated rings. The maximum atomic E-state index is 9.55. The maximum absolute atomic E-state index is 9.55. The maximum Gasteiger partial charge on any atom is 0.193 e. The van der Waals surface area contributed by atoms with E-state index in [4.69, 9.17) is 4.43 Å². The summed E-state index contributed by atoms with van der Waals surface area (Å²) in [4.78, 5) is 0. The molecule has 0 aliphatic carbocycles. The van der Waals surface area contributed by atoms with Crippen LogP contribution in [0.4, 0.5) is 0 Å². The molecule has 0 heterocycles. The summed E-state index contributed by atoms with van der Waals surface area (Å²) in [5, 5.41) is 19.1. The minimum Gasteiger partial charge on any atom is -0.405 e. The summed E-state index contributed by atoms with van der Waals surface area (Å²) in [6.45, 7) is 10.6. The summed E-state index contributed by atoms with van der Waals surface area (Å²) in [6.07, 6.45) is -2.17. The Morgan fingerprint density at radius 3 is 1.94 bits per heavy atom. The lowest BCUT2D eigenvalue weighted by Crippen LogP contribution is -2.44. The van der Waals surface area contributed by atoms with Gasteiger partial charge in [0.05, 0.1) is 0 Å². The third-order valence-electron chi connectivity index (χ3n) is 3.63. The van der Waals surface area contributed by atoms with Gasteiger partial charge in [-0.15, -0.1) is 0 Å². The largest absolute Gasteiger partial charge is 0.405 e. The summed E-state index contributed by atoms with van der Waals surface area (Å²) in [5.74, 6) is 0. The van der Waals surface area contributed by atoms with Gasteiger partial charge >= 0.3 is 0 Å². The van der Waals surface area contributed by atoms with Gasteiger partial charge in [0.15, 0.2) is 14.6 Å². The quantitative estimate of drug-likeness (QED) is 0.652. The molecule has 18 heavy (non-hydrogen) atoms. The van der Waals surface area contributed by atoms with Crippen LogP contribution in [0.2, 0.25) is 18.1 Å². The van der Waals surface area contributed by atoms with Gasteiger partial charge in [0, 0.05) is 0 Å².